The van der Waals surface area contributed by atoms with E-state index in [0.29, 0.717) is 5.57 Å². The minimum absolute atomic E-state index is 0.310. The standard InChI is InChI=1S/C9H13NO/c1-2-7-4-3-5-8(6-7)9(10)11/h5-6H,2-4H2,1H3,(H2,10,11). The lowest BCUT2D eigenvalue weighted by molar-refractivity contribution is -0.114. The topological polar surface area (TPSA) is 43.1 Å². The van der Waals surface area contributed by atoms with Crippen LogP contribution >= 0.6 is 0 Å². The van der Waals surface area contributed by atoms with Crippen LogP contribution in [0.2, 0.25) is 0 Å². The molecule has 0 bridgehead atoms. The number of allylic oxidation sites excluding steroid dienone is 2. The van der Waals surface area contributed by atoms with E-state index >= 15 is 0 Å². The van der Waals surface area contributed by atoms with Gasteiger partial charge in [-0.1, -0.05) is 24.6 Å². The van der Waals surface area contributed by atoms with Gasteiger partial charge in [-0.05, 0) is 19.3 Å². The molecule has 0 saturated carbocycles. The van der Waals surface area contributed by atoms with Gasteiger partial charge in [0.25, 0.3) is 0 Å². The zero-order valence-electron chi connectivity index (χ0n) is 6.76. The van der Waals surface area contributed by atoms with Gasteiger partial charge in [-0.3, -0.25) is 4.79 Å². The molecule has 0 aromatic carbocycles. The molecule has 0 unspecified atom stereocenters. The van der Waals surface area contributed by atoms with E-state index in [1.165, 1.54) is 5.57 Å². The normalized spacial score (nSPS) is 17.2. The van der Waals surface area contributed by atoms with Crippen molar-refractivity contribution in [1.82, 2.24) is 0 Å². The van der Waals surface area contributed by atoms with Gasteiger partial charge in [0.05, 0.1) is 0 Å². The van der Waals surface area contributed by atoms with Crippen molar-refractivity contribution in [3.05, 3.63) is 23.3 Å². The first-order valence-electron chi connectivity index (χ1n) is 3.93. The van der Waals surface area contributed by atoms with Gasteiger partial charge in [-0.15, -0.1) is 0 Å². The third-order valence-electron chi connectivity index (χ3n) is 1.93. The summed E-state index contributed by atoms with van der Waals surface area (Å²) in [6.07, 6.45) is 6.86. The maximum Gasteiger partial charge on any atom is 0.248 e. The van der Waals surface area contributed by atoms with Crippen LogP contribution in [-0.4, -0.2) is 5.91 Å². The van der Waals surface area contributed by atoms with Crippen molar-refractivity contribution in [3.8, 4) is 0 Å². The molecule has 2 heteroatoms. The van der Waals surface area contributed by atoms with Crippen LogP contribution in [0.15, 0.2) is 23.3 Å². The number of amides is 1. The van der Waals surface area contributed by atoms with Crippen molar-refractivity contribution in [2.75, 3.05) is 0 Å². The second kappa shape index (κ2) is 3.37. The maximum atomic E-state index is 10.7. The quantitative estimate of drug-likeness (QED) is 0.639. The van der Waals surface area contributed by atoms with E-state index in [-0.39, 0.29) is 5.91 Å². The van der Waals surface area contributed by atoms with Crippen molar-refractivity contribution in [2.45, 2.75) is 26.2 Å². The van der Waals surface area contributed by atoms with Crippen molar-refractivity contribution in [2.24, 2.45) is 5.73 Å². The molecule has 0 radical (unpaired) electrons. The van der Waals surface area contributed by atoms with Gasteiger partial charge in [0.2, 0.25) is 5.91 Å². The summed E-state index contributed by atoms with van der Waals surface area (Å²) in [7, 11) is 0. The Morgan fingerprint density at radius 3 is 3.00 bits per heavy atom. The Morgan fingerprint density at radius 1 is 1.73 bits per heavy atom. The van der Waals surface area contributed by atoms with Crippen LogP contribution in [0.5, 0.6) is 0 Å². The SMILES string of the molecule is CCC1=CC(C(N)=O)=CCC1. The molecule has 1 aliphatic rings. The van der Waals surface area contributed by atoms with Crippen molar-refractivity contribution in [1.29, 1.82) is 0 Å². The highest BCUT2D eigenvalue weighted by Gasteiger charge is 2.07. The molecule has 0 aromatic rings. The Labute approximate surface area is 66.8 Å². The predicted octanol–water partition coefficient (Wildman–Crippen LogP) is 1.53. The zero-order chi connectivity index (χ0) is 8.27. The van der Waals surface area contributed by atoms with Crippen LogP contribution in [0, 0.1) is 0 Å². The van der Waals surface area contributed by atoms with Crippen LogP contribution in [0.3, 0.4) is 0 Å². The highest BCUT2D eigenvalue weighted by molar-refractivity contribution is 5.95. The molecule has 0 spiro atoms. The molecule has 2 nitrogen and oxygen atoms in total. The summed E-state index contributed by atoms with van der Waals surface area (Å²) in [5.41, 5.74) is 7.13. The lowest BCUT2D eigenvalue weighted by Gasteiger charge is -2.09. The molecule has 0 saturated heterocycles. The second-order valence-corrected chi connectivity index (χ2v) is 2.72. The number of rotatable bonds is 2. The molecule has 60 valence electrons. The molecule has 0 aliphatic heterocycles. The highest BCUT2D eigenvalue weighted by Crippen LogP contribution is 2.18. The summed E-state index contributed by atoms with van der Waals surface area (Å²) < 4.78 is 0. The number of hydrogen-bond acceptors (Lipinski definition) is 1. The van der Waals surface area contributed by atoms with Gasteiger partial charge >= 0.3 is 0 Å². The molecular formula is C9H13NO. The van der Waals surface area contributed by atoms with E-state index in [0.717, 1.165) is 19.3 Å². The number of primary amides is 1. The van der Waals surface area contributed by atoms with Gasteiger partial charge in [0.15, 0.2) is 0 Å². The number of nitrogens with two attached hydrogens (primary N) is 1. The number of carbonyl (C=O) groups is 1. The first-order valence-corrected chi connectivity index (χ1v) is 3.93. The van der Waals surface area contributed by atoms with Gasteiger partial charge in [-0.2, -0.15) is 0 Å². The Balaban J connectivity index is 2.76. The summed E-state index contributed by atoms with van der Waals surface area (Å²) in [6, 6.07) is 0. The van der Waals surface area contributed by atoms with Crippen LogP contribution in [0.1, 0.15) is 26.2 Å². The minimum atomic E-state index is -0.310. The van der Waals surface area contributed by atoms with E-state index < -0.39 is 0 Å². The Morgan fingerprint density at radius 2 is 2.45 bits per heavy atom. The summed E-state index contributed by atoms with van der Waals surface area (Å²) >= 11 is 0. The van der Waals surface area contributed by atoms with E-state index in [1.807, 2.05) is 12.2 Å². The van der Waals surface area contributed by atoms with Gasteiger partial charge < -0.3 is 5.73 Å². The maximum absolute atomic E-state index is 10.7. The zero-order valence-corrected chi connectivity index (χ0v) is 6.76. The van der Waals surface area contributed by atoms with Crippen molar-refractivity contribution < 1.29 is 4.79 Å². The predicted molar refractivity (Wildman–Crippen MR) is 44.9 cm³/mol. The van der Waals surface area contributed by atoms with Crippen LogP contribution < -0.4 is 5.73 Å². The second-order valence-electron chi connectivity index (χ2n) is 2.72. The fraction of sp³-hybridized carbons (Fsp3) is 0.444. The summed E-state index contributed by atoms with van der Waals surface area (Å²) in [5.74, 6) is -0.310. The van der Waals surface area contributed by atoms with Crippen molar-refractivity contribution >= 4 is 5.91 Å². The van der Waals surface area contributed by atoms with Gasteiger partial charge in [-0.25, -0.2) is 0 Å². The Bertz CT molecular complexity index is 226. The van der Waals surface area contributed by atoms with E-state index in [1.54, 1.807) is 0 Å². The fourth-order valence-electron chi connectivity index (χ4n) is 1.21. The molecule has 0 fully saturated rings. The largest absolute Gasteiger partial charge is 0.366 e. The molecule has 0 aromatic heterocycles. The average Bonchev–Trinajstić information content (AvgIpc) is 2.05. The highest BCUT2D eigenvalue weighted by atomic mass is 16.1. The molecule has 1 rings (SSSR count). The summed E-state index contributed by atoms with van der Waals surface area (Å²) in [4.78, 5) is 10.7. The minimum Gasteiger partial charge on any atom is -0.366 e. The van der Waals surface area contributed by atoms with E-state index in [9.17, 15) is 4.79 Å². The fourth-order valence-corrected chi connectivity index (χ4v) is 1.21. The lowest BCUT2D eigenvalue weighted by Crippen LogP contribution is -2.14. The molecule has 11 heavy (non-hydrogen) atoms. The molecule has 0 heterocycles. The molecule has 2 N–H and O–H groups in total. The Hall–Kier alpha value is -1.05. The van der Waals surface area contributed by atoms with E-state index in [4.69, 9.17) is 5.73 Å². The summed E-state index contributed by atoms with van der Waals surface area (Å²) in [5, 5.41) is 0. The lowest BCUT2D eigenvalue weighted by atomic mass is 9.97. The third-order valence-corrected chi connectivity index (χ3v) is 1.93. The van der Waals surface area contributed by atoms with Crippen LogP contribution in [-0.2, 0) is 4.79 Å². The number of carbonyl (C=O) groups excluding carboxylic acids is 1. The smallest absolute Gasteiger partial charge is 0.248 e. The molecule has 0 atom stereocenters. The molecule has 1 amide bonds. The first kappa shape index (κ1) is 8.05. The van der Waals surface area contributed by atoms with Gasteiger partial charge in [0.1, 0.15) is 0 Å². The Kier molecular flexibility index (Phi) is 2.47. The first-order chi connectivity index (χ1) is 5.24. The van der Waals surface area contributed by atoms with Crippen LogP contribution in [0.25, 0.3) is 0 Å². The summed E-state index contributed by atoms with van der Waals surface area (Å²) in [6.45, 7) is 2.09. The third kappa shape index (κ3) is 1.93. The van der Waals surface area contributed by atoms with Crippen molar-refractivity contribution in [3.63, 3.8) is 0 Å². The molecular weight excluding hydrogens is 138 g/mol. The van der Waals surface area contributed by atoms with Crippen LogP contribution in [0.4, 0.5) is 0 Å². The van der Waals surface area contributed by atoms with Gasteiger partial charge in [0, 0.05) is 5.57 Å². The average molecular weight is 151 g/mol. The monoisotopic (exact) mass is 151 g/mol. The molecule has 1 aliphatic carbocycles. The number of hydrogen-bond donors (Lipinski definition) is 1. The van der Waals surface area contributed by atoms with E-state index in [2.05, 4.69) is 6.92 Å².